The molecule has 2 aromatic rings. The first-order chi connectivity index (χ1) is 12.9. The predicted octanol–water partition coefficient (Wildman–Crippen LogP) is 2.19. The molecule has 2 rings (SSSR count). The van der Waals surface area contributed by atoms with Crippen LogP contribution < -0.4 is 14.8 Å². The summed E-state index contributed by atoms with van der Waals surface area (Å²) >= 11 is 0. The lowest BCUT2D eigenvalue weighted by Gasteiger charge is -2.10. The van der Waals surface area contributed by atoms with Gasteiger partial charge in [0.05, 0.1) is 12.7 Å². The zero-order chi connectivity index (χ0) is 19.8. The number of nitrogens with one attached hydrogen (secondary N) is 1. The highest BCUT2D eigenvalue weighted by atomic mass is 16.6. The summed E-state index contributed by atoms with van der Waals surface area (Å²) in [4.78, 5) is 35.6. The summed E-state index contributed by atoms with van der Waals surface area (Å²) in [7, 11) is 1.42. The molecule has 27 heavy (non-hydrogen) atoms. The van der Waals surface area contributed by atoms with Gasteiger partial charge >= 0.3 is 5.97 Å². The smallest absolute Gasteiger partial charge is 0.344 e. The first-order valence-corrected chi connectivity index (χ1v) is 8.23. The zero-order valence-electron chi connectivity index (χ0n) is 15.4. The number of ether oxygens (including phenoxy) is 3. The van der Waals surface area contributed by atoms with Gasteiger partial charge in [0.15, 0.2) is 13.2 Å². The second-order valence-electron chi connectivity index (χ2n) is 5.80. The Morgan fingerprint density at radius 1 is 0.963 bits per heavy atom. The van der Waals surface area contributed by atoms with Crippen molar-refractivity contribution in [2.75, 3.05) is 20.3 Å². The average Bonchev–Trinajstić information content (AvgIpc) is 2.65. The lowest BCUT2D eigenvalue weighted by atomic mass is 10.1. The van der Waals surface area contributed by atoms with Crippen molar-refractivity contribution in [3.05, 3.63) is 59.2 Å². The van der Waals surface area contributed by atoms with Gasteiger partial charge in [0, 0.05) is 0 Å². The number of carbonyl (C=O) groups is 3. The van der Waals surface area contributed by atoms with E-state index >= 15 is 0 Å². The standard InChI is InChI=1S/C20H21NO6/c1-13-8-9-16(14(2)10-13)26-12-19(23)27-11-18(22)21-20(24)15-6-4-5-7-17(15)25-3/h4-10H,11-12H2,1-3H3,(H,21,22,24). The van der Waals surface area contributed by atoms with E-state index in [1.807, 2.05) is 26.0 Å². The van der Waals surface area contributed by atoms with Crippen LogP contribution in [0.15, 0.2) is 42.5 Å². The summed E-state index contributed by atoms with van der Waals surface area (Å²) in [6.07, 6.45) is 0. The molecule has 0 fully saturated rings. The van der Waals surface area contributed by atoms with E-state index in [1.54, 1.807) is 24.3 Å². The van der Waals surface area contributed by atoms with Crippen molar-refractivity contribution in [2.24, 2.45) is 0 Å². The molecule has 2 aromatic carbocycles. The first kappa shape index (κ1) is 20.0. The van der Waals surface area contributed by atoms with E-state index in [-0.39, 0.29) is 12.2 Å². The van der Waals surface area contributed by atoms with Crippen molar-refractivity contribution in [3.8, 4) is 11.5 Å². The van der Waals surface area contributed by atoms with E-state index < -0.39 is 24.4 Å². The largest absolute Gasteiger partial charge is 0.496 e. The predicted molar refractivity (Wildman–Crippen MR) is 97.8 cm³/mol. The third-order valence-corrected chi connectivity index (χ3v) is 3.64. The fourth-order valence-corrected chi connectivity index (χ4v) is 2.35. The Morgan fingerprint density at radius 2 is 1.70 bits per heavy atom. The maximum absolute atomic E-state index is 12.1. The molecule has 0 unspecified atom stereocenters. The summed E-state index contributed by atoms with van der Waals surface area (Å²) in [5.41, 5.74) is 2.18. The number of rotatable bonds is 7. The number of aryl methyl sites for hydroxylation is 2. The van der Waals surface area contributed by atoms with Crippen molar-refractivity contribution >= 4 is 17.8 Å². The Bertz CT molecular complexity index is 846. The van der Waals surface area contributed by atoms with Crippen LogP contribution in [0.5, 0.6) is 11.5 Å². The van der Waals surface area contributed by atoms with Crippen molar-refractivity contribution < 1.29 is 28.6 Å². The van der Waals surface area contributed by atoms with Crippen molar-refractivity contribution in [2.45, 2.75) is 13.8 Å². The molecule has 0 aliphatic heterocycles. The summed E-state index contributed by atoms with van der Waals surface area (Å²) in [5.74, 6) is -1.20. The lowest BCUT2D eigenvalue weighted by Crippen LogP contribution is -2.34. The van der Waals surface area contributed by atoms with Gasteiger partial charge in [-0.05, 0) is 37.6 Å². The van der Waals surface area contributed by atoms with Gasteiger partial charge in [0.25, 0.3) is 11.8 Å². The van der Waals surface area contributed by atoms with E-state index in [4.69, 9.17) is 14.2 Å². The van der Waals surface area contributed by atoms with Gasteiger partial charge in [0.2, 0.25) is 0 Å². The minimum Gasteiger partial charge on any atom is -0.496 e. The number of methoxy groups -OCH3 is 1. The van der Waals surface area contributed by atoms with Gasteiger partial charge in [-0.25, -0.2) is 4.79 Å². The van der Waals surface area contributed by atoms with Gasteiger partial charge < -0.3 is 14.2 Å². The quantitative estimate of drug-likeness (QED) is 0.751. The summed E-state index contributed by atoms with van der Waals surface area (Å²) in [6, 6.07) is 12.0. The average molecular weight is 371 g/mol. The van der Waals surface area contributed by atoms with Crippen LogP contribution in [0.2, 0.25) is 0 Å². The van der Waals surface area contributed by atoms with Gasteiger partial charge in [-0.15, -0.1) is 0 Å². The second-order valence-corrected chi connectivity index (χ2v) is 5.80. The summed E-state index contributed by atoms with van der Waals surface area (Å²) in [5, 5.41) is 2.14. The fraction of sp³-hybridized carbons (Fsp3) is 0.250. The minimum atomic E-state index is -0.745. The highest BCUT2D eigenvalue weighted by Gasteiger charge is 2.16. The lowest BCUT2D eigenvalue weighted by molar-refractivity contribution is -0.150. The van der Waals surface area contributed by atoms with E-state index in [9.17, 15) is 14.4 Å². The van der Waals surface area contributed by atoms with Crippen LogP contribution in [-0.2, 0) is 14.3 Å². The molecular weight excluding hydrogens is 350 g/mol. The number of benzene rings is 2. The number of hydrogen-bond acceptors (Lipinski definition) is 6. The van der Waals surface area contributed by atoms with Crippen molar-refractivity contribution in [1.29, 1.82) is 0 Å². The Morgan fingerprint density at radius 3 is 2.41 bits per heavy atom. The molecular formula is C20H21NO6. The molecule has 1 N–H and O–H groups in total. The van der Waals surface area contributed by atoms with Crippen LogP contribution in [-0.4, -0.2) is 38.1 Å². The summed E-state index contributed by atoms with van der Waals surface area (Å²) in [6.45, 7) is 2.90. The third kappa shape index (κ3) is 5.85. The van der Waals surface area contributed by atoms with E-state index in [1.165, 1.54) is 13.2 Å². The van der Waals surface area contributed by atoms with Crippen molar-refractivity contribution in [1.82, 2.24) is 5.32 Å². The molecule has 2 amide bonds. The molecule has 142 valence electrons. The van der Waals surface area contributed by atoms with Crippen LogP contribution in [0, 0.1) is 13.8 Å². The molecule has 0 radical (unpaired) electrons. The molecule has 0 aromatic heterocycles. The topological polar surface area (TPSA) is 90.9 Å². The molecule has 0 spiro atoms. The Labute approximate surface area is 157 Å². The number of carbonyl (C=O) groups excluding carboxylic acids is 3. The van der Waals surface area contributed by atoms with Gasteiger partial charge in [-0.1, -0.05) is 29.8 Å². The van der Waals surface area contributed by atoms with E-state index in [0.29, 0.717) is 11.5 Å². The number of esters is 1. The molecule has 7 nitrogen and oxygen atoms in total. The number of para-hydroxylation sites is 1. The highest BCUT2D eigenvalue weighted by Crippen LogP contribution is 2.18. The number of amides is 2. The van der Waals surface area contributed by atoms with E-state index in [2.05, 4.69) is 5.32 Å². The second kappa shape index (κ2) is 9.38. The molecule has 0 bridgehead atoms. The zero-order valence-corrected chi connectivity index (χ0v) is 15.4. The maximum Gasteiger partial charge on any atom is 0.344 e. The molecule has 0 atom stereocenters. The van der Waals surface area contributed by atoms with Crippen LogP contribution in [0.4, 0.5) is 0 Å². The Hall–Kier alpha value is -3.35. The molecule has 0 aliphatic carbocycles. The van der Waals surface area contributed by atoms with Crippen LogP contribution in [0.25, 0.3) is 0 Å². The SMILES string of the molecule is COc1ccccc1C(=O)NC(=O)COC(=O)COc1ccc(C)cc1C. The first-order valence-electron chi connectivity index (χ1n) is 8.23. The Balaban J connectivity index is 1.79. The monoisotopic (exact) mass is 371 g/mol. The molecule has 0 saturated carbocycles. The van der Waals surface area contributed by atoms with Crippen molar-refractivity contribution in [3.63, 3.8) is 0 Å². The molecule has 0 saturated heterocycles. The number of imide groups is 1. The fourth-order valence-electron chi connectivity index (χ4n) is 2.35. The molecule has 0 heterocycles. The third-order valence-electron chi connectivity index (χ3n) is 3.64. The highest BCUT2D eigenvalue weighted by molar-refractivity contribution is 6.06. The molecule has 7 heteroatoms. The minimum absolute atomic E-state index is 0.206. The maximum atomic E-state index is 12.1. The molecule has 0 aliphatic rings. The summed E-state index contributed by atoms with van der Waals surface area (Å²) < 4.78 is 15.3. The van der Waals surface area contributed by atoms with Gasteiger partial charge in [-0.2, -0.15) is 0 Å². The van der Waals surface area contributed by atoms with E-state index in [0.717, 1.165) is 11.1 Å². The van der Waals surface area contributed by atoms with Gasteiger partial charge in [-0.3, -0.25) is 14.9 Å². The van der Waals surface area contributed by atoms with Crippen LogP contribution in [0.3, 0.4) is 0 Å². The normalized spacial score (nSPS) is 10.0. The Kier molecular flexibility index (Phi) is 6.93. The van der Waals surface area contributed by atoms with Crippen LogP contribution in [0.1, 0.15) is 21.5 Å². The van der Waals surface area contributed by atoms with Crippen LogP contribution >= 0.6 is 0 Å². The van der Waals surface area contributed by atoms with Gasteiger partial charge in [0.1, 0.15) is 11.5 Å². The number of hydrogen-bond donors (Lipinski definition) is 1.